The lowest BCUT2D eigenvalue weighted by atomic mass is 9.99. The van der Waals surface area contributed by atoms with Gasteiger partial charge in [0.05, 0.1) is 38.8 Å². The number of guanidine groups is 1. The summed E-state index contributed by atoms with van der Waals surface area (Å²) in [5.74, 6) is 0.814. The third kappa shape index (κ3) is 5.65. The van der Waals surface area contributed by atoms with Gasteiger partial charge < -0.3 is 19.7 Å². The van der Waals surface area contributed by atoms with Crippen molar-refractivity contribution in [2.75, 3.05) is 59.6 Å². The third-order valence-corrected chi connectivity index (χ3v) is 6.16. The van der Waals surface area contributed by atoms with Gasteiger partial charge in [-0.3, -0.25) is 14.7 Å². The molecule has 0 bridgehead atoms. The van der Waals surface area contributed by atoms with Crippen molar-refractivity contribution in [3.05, 3.63) is 34.9 Å². The van der Waals surface area contributed by atoms with E-state index in [0.717, 1.165) is 50.4 Å². The van der Waals surface area contributed by atoms with Gasteiger partial charge in [-0.25, -0.2) is 0 Å². The molecule has 3 atom stereocenters. The number of rotatable bonds is 6. The summed E-state index contributed by atoms with van der Waals surface area (Å²) in [6, 6.07) is 8.17. The van der Waals surface area contributed by atoms with Gasteiger partial charge in [-0.15, -0.1) is 0 Å². The third-order valence-electron chi connectivity index (χ3n) is 5.91. The van der Waals surface area contributed by atoms with Gasteiger partial charge in [0.1, 0.15) is 0 Å². The minimum absolute atomic E-state index is 0.120. The monoisotopic (exact) mass is 436 g/mol. The second-order valence-electron chi connectivity index (χ2n) is 7.92. The van der Waals surface area contributed by atoms with Crippen LogP contribution in [0.1, 0.15) is 25.5 Å². The summed E-state index contributed by atoms with van der Waals surface area (Å²) in [4.78, 5) is 21.7. The second-order valence-corrected chi connectivity index (χ2v) is 8.36. The molecule has 3 rings (SSSR count). The fourth-order valence-corrected chi connectivity index (χ4v) is 4.33. The van der Waals surface area contributed by atoms with Crippen LogP contribution in [0.4, 0.5) is 0 Å². The Bertz CT molecular complexity index is 722. The maximum Gasteiger partial charge on any atom is 0.310 e. The smallest absolute Gasteiger partial charge is 0.310 e. The number of methoxy groups -OCH3 is 1. The Morgan fingerprint density at radius 3 is 2.63 bits per heavy atom. The van der Waals surface area contributed by atoms with E-state index >= 15 is 0 Å². The molecule has 0 aromatic heterocycles. The maximum absolute atomic E-state index is 12.1. The number of ether oxygens (including phenoxy) is 2. The number of aliphatic imine (C=N–C) groups is 1. The van der Waals surface area contributed by atoms with Crippen LogP contribution in [0, 0.1) is 11.8 Å². The molecular formula is C22H33ClN4O3. The molecule has 166 valence electrons. The number of hydrogen-bond acceptors (Lipinski definition) is 5. The van der Waals surface area contributed by atoms with E-state index in [0.29, 0.717) is 13.1 Å². The number of nitrogens with zero attached hydrogens (tertiary/aromatic N) is 3. The number of nitrogens with one attached hydrogen (secondary N) is 1. The molecule has 1 N–H and O–H groups in total. The summed E-state index contributed by atoms with van der Waals surface area (Å²) in [6.45, 7) is 10.2. The van der Waals surface area contributed by atoms with Crippen LogP contribution in [-0.2, 0) is 14.3 Å². The average Bonchev–Trinajstić information content (AvgIpc) is 3.16. The SMILES string of the molecule is CCNC(=NCC(c1ccc(Cl)cc1)N1CCOCC1)N1CC(C)C(C(=O)OC)C1. The first-order valence-electron chi connectivity index (χ1n) is 10.7. The average molecular weight is 437 g/mol. The highest BCUT2D eigenvalue weighted by atomic mass is 35.5. The van der Waals surface area contributed by atoms with Crippen LogP contribution in [0.25, 0.3) is 0 Å². The van der Waals surface area contributed by atoms with Gasteiger partial charge >= 0.3 is 5.97 Å². The normalized spacial score (nSPS) is 24.0. The largest absolute Gasteiger partial charge is 0.469 e. The molecule has 0 aliphatic carbocycles. The molecule has 8 heteroatoms. The van der Waals surface area contributed by atoms with Crippen LogP contribution >= 0.6 is 11.6 Å². The van der Waals surface area contributed by atoms with Crippen LogP contribution in [0.5, 0.6) is 0 Å². The lowest BCUT2D eigenvalue weighted by Gasteiger charge is -2.34. The van der Waals surface area contributed by atoms with Crippen molar-refractivity contribution in [3.63, 3.8) is 0 Å². The molecule has 3 unspecified atom stereocenters. The molecule has 7 nitrogen and oxygen atoms in total. The van der Waals surface area contributed by atoms with E-state index in [2.05, 4.69) is 41.1 Å². The minimum Gasteiger partial charge on any atom is -0.469 e. The van der Waals surface area contributed by atoms with Crippen LogP contribution in [0.3, 0.4) is 0 Å². The number of halogens is 1. The van der Waals surface area contributed by atoms with E-state index in [1.54, 1.807) is 0 Å². The summed E-state index contributed by atoms with van der Waals surface area (Å²) < 4.78 is 10.5. The lowest BCUT2D eigenvalue weighted by molar-refractivity contribution is -0.145. The first-order chi connectivity index (χ1) is 14.5. The lowest BCUT2D eigenvalue weighted by Crippen LogP contribution is -2.43. The van der Waals surface area contributed by atoms with Gasteiger partial charge in [0.15, 0.2) is 5.96 Å². The van der Waals surface area contributed by atoms with Crippen molar-refractivity contribution >= 4 is 23.5 Å². The zero-order valence-corrected chi connectivity index (χ0v) is 18.9. The molecule has 1 aromatic rings. The zero-order valence-electron chi connectivity index (χ0n) is 18.1. The molecule has 1 aromatic carbocycles. The Morgan fingerprint density at radius 2 is 2.00 bits per heavy atom. The van der Waals surface area contributed by atoms with Gasteiger partial charge in [-0.2, -0.15) is 0 Å². The Morgan fingerprint density at radius 1 is 1.30 bits per heavy atom. The fourth-order valence-electron chi connectivity index (χ4n) is 4.20. The number of carbonyl (C=O) groups is 1. The van der Waals surface area contributed by atoms with Crippen molar-refractivity contribution in [2.24, 2.45) is 16.8 Å². The molecule has 2 fully saturated rings. The Hall–Kier alpha value is -1.83. The van der Waals surface area contributed by atoms with Crippen molar-refractivity contribution < 1.29 is 14.3 Å². The highest BCUT2D eigenvalue weighted by molar-refractivity contribution is 6.30. The van der Waals surface area contributed by atoms with Gasteiger partial charge in [0.25, 0.3) is 0 Å². The summed E-state index contributed by atoms with van der Waals surface area (Å²) in [5.41, 5.74) is 1.20. The maximum atomic E-state index is 12.1. The van der Waals surface area contributed by atoms with Crippen LogP contribution in [-0.4, -0.2) is 81.3 Å². The molecule has 2 aliphatic heterocycles. The van der Waals surface area contributed by atoms with Crippen LogP contribution in [0.15, 0.2) is 29.3 Å². The predicted molar refractivity (Wildman–Crippen MR) is 119 cm³/mol. The van der Waals surface area contributed by atoms with Crippen LogP contribution in [0.2, 0.25) is 5.02 Å². The van der Waals surface area contributed by atoms with Gasteiger partial charge in [-0.1, -0.05) is 30.7 Å². The Kier molecular flexibility index (Phi) is 8.36. The van der Waals surface area contributed by atoms with E-state index in [-0.39, 0.29) is 23.8 Å². The summed E-state index contributed by atoms with van der Waals surface area (Å²) in [5, 5.41) is 4.13. The van der Waals surface area contributed by atoms with E-state index in [4.69, 9.17) is 26.1 Å². The topological polar surface area (TPSA) is 66.4 Å². The summed E-state index contributed by atoms with van der Waals surface area (Å²) in [7, 11) is 1.45. The molecular weight excluding hydrogens is 404 g/mol. The molecule has 2 aliphatic rings. The standard InChI is InChI=1S/C22H33ClN4O3/c1-4-24-22(27-14-16(2)19(15-27)21(28)29-3)25-13-20(26-9-11-30-12-10-26)17-5-7-18(23)8-6-17/h5-8,16,19-20H,4,9-15H2,1-3H3,(H,24,25). The predicted octanol–water partition coefficient (Wildman–Crippen LogP) is 2.42. The molecule has 2 heterocycles. The first kappa shape index (κ1) is 22.8. The van der Waals surface area contributed by atoms with E-state index in [1.165, 1.54) is 12.7 Å². The Balaban J connectivity index is 1.78. The van der Waals surface area contributed by atoms with E-state index in [9.17, 15) is 4.79 Å². The van der Waals surface area contributed by atoms with Crippen molar-refractivity contribution in [1.29, 1.82) is 0 Å². The number of morpholine rings is 1. The zero-order chi connectivity index (χ0) is 21.5. The molecule has 30 heavy (non-hydrogen) atoms. The van der Waals surface area contributed by atoms with Gasteiger partial charge in [0, 0.05) is 37.7 Å². The minimum atomic E-state index is -0.145. The van der Waals surface area contributed by atoms with E-state index < -0.39 is 0 Å². The Labute approximate surface area is 184 Å². The fraction of sp³-hybridized carbons (Fsp3) is 0.636. The second kappa shape index (κ2) is 11.0. The summed E-state index contributed by atoms with van der Waals surface area (Å²) >= 11 is 6.11. The van der Waals surface area contributed by atoms with E-state index in [1.807, 2.05) is 12.1 Å². The molecule has 0 radical (unpaired) electrons. The van der Waals surface area contributed by atoms with Crippen molar-refractivity contribution in [1.82, 2.24) is 15.1 Å². The molecule has 0 amide bonds. The van der Waals surface area contributed by atoms with Crippen molar-refractivity contribution in [2.45, 2.75) is 19.9 Å². The molecule has 2 saturated heterocycles. The number of carbonyl (C=O) groups excluding carboxylic acids is 1. The number of benzene rings is 1. The van der Waals surface area contributed by atoms with Gasteiger partial charge in [-0.05, 0) is 30.5 Å². The summed E-state index contributed by atoms with van der Waals surface area (Å²) in [6.07, 6.45) is 0. The van der Waals surface area contributed by atoms with Crippen LogP contribution < -0.4 is 5.32 Å². The number of likely N-dealkylation sites (tertiary alicyclic amines) is 1. The molecule has 0 saturated carbocycles. The molecule has 0 spiro atoms. The number of esters is 1. The van der Waals surface area contributed by atoms with Crippen molar-refractivity contribution in [3.8, 4) is 0 Å². The number of hydrogen-bond donors (Lipinski definition) is 1. The highest BCUT2D eigenvalue weighted by Crippen LogP contribution is 2.26. The highest BCUT2D eigenvalue weighted by Gasteiger charge is 2.37. The quantitative estimate of drug-likeness (QED) is 0.419. The first-order valence-corrected chi connectivity index (χ1v) is 11.1. The van der Waals surface area contributed by atoms with Gasteiger partial charge in [0.2, 0.25) is 0 Å².